The first-order valence-corrected chi connectivity index (χ1v) is 7.60. The molecule has 3 aromatic carbocycles. The molecule has 0 aliphatic heterocycles. The molecule has 0 radical (unpaired) electrons. The summed E-state index contributed by atoms with van der Waals surface area (Å²) in [5.74, 6) is 0.138. The Labute approximate surface area is 130 Å². The topological polar surface area (TPSA) is 17.1 Å². The molecule has 0 aromatic heterocycles. The summed E-state index contributed by atoms with van der Waals surface area (Å²) in [6, 6.07) is 24.4. The molecule has 1 heteroatoms. The number of rotatable bonds is 0. The Balaban J connectivity index is 2.01. The van der Waals surface area contributed by atoms with Gasteiger partial charge in [0.2, 0.25) is 0 Å². The summed E-state index contributed by atoms with van der Waals surface area (Å²) in [4.78, 5) is 13.0. The van der Waals surface area contributed by atoms with Gasteiger partial charge < -0.3 is 0 Å². The number of benzene rings is 3. The van der Waals surface area contributed by atoms with E-state index in [1.165, 1.54) is 11.1 Å². The van der Waals surface area contributed by atoms with Crippen molar-refractivity contribution >= 4 is 5.78 Å². The van der Waals surface area contributed by atoms with Gasteiger partial charge in [-0.1, -0.05) is 72.8 Å². The largest absolute Gasteiger partial charge is 0.289 e. The number of fused-ring (bicyclic) bond motifs is 3. The minimum Gasteiger partial charge on any atom is -0.289 e. The highest BCUT2D eigenvalue weighted by atomic mass is 16.1. The van der Waals surface area contributed by atoms with Crippen LogP contribution in [0.25, 0.3) is 0 Å². The van der Waals surface area contributed by atoms with Crippen LogP contribution in [0.4, 0.5) is 0 Å². The average Bonchev–Trinajstić information content (AvgIpc) is 2.61. The molecule has 0 atom stereocenters. The second-order valence-corrected chi connectivity index (χ2v) is 5.77. The monoisotopic (exact) mass is 284 g/mol. The van der Waals surface area contributed by atoms with E-state index in [1.54, 1.807) is 0 Å². The van der Waals surface area contributed by atoms with Crippen molar-refractivity contribution in [2.75, 3.05) is 0 Å². The van der Waals surface area contributed by atoms with Crippen molar-refractivity contribution < 1.29 is 4.79 Å². The molecule has 0 heterocycles. The van der Waals surface area contributed by atoms with E-state index in [2.05, 4.69) is 36.4 Å². The molecule has 22 heavy (non-hydrogen) atoms. The van der Waals surface area contributed by atoms with Gasteiger partial charge in [0.05, 0.1) is 0 Å². The summed E-state index contributed by atoms with van der Waals surface area (Å²) >= 11 is 0. The Morgan fingerprint density at radius 3 is 1.32 bits per heavy atom. The zero-order valence-electron chi connectivity index (χ0n) is 12.3. The van der Waals surface area contributed by atoms with Crippen LogP contribution in [0, 0.1) is 0 Å². The van der Waals surface area contributed by atoms with E-state index in [9.17, 15) is 4.79 Å². The smallest absolute Gasteiger partial charge is 0.193 e. The van der Waals surface area contributed by atoms with Crippen molar-refractivity contribution in [1.82, 2.24) is 0 Å². The Kier molecular flexibility index (Phi) is 3.12. The highest BCUT2D eigenvalue weighted by molar-refractivity contribution is 6.11. The van der Waals surface area contributed by atoms with Gasteiger partial charge >= 0.3 is 0 Å². The molecular formula is C21H16O. The maximum atomic E-state index is 13.0. The molecule has 0 spiro atoms. The van der Waals surface area contributed by atoms with Crippen molar-refractivity contribution in [2.24, 2.45) is 0 Å². The first kappa shape index (κ1) is 13.0. The molecule has 1 aliphatic rings. The van der Waals surface area contributed by atoms with Crippen molar-refractivity contribution in [3.8, 4) is 0 Å². The number of carbonyl (C=O) groups is 1. The SMILES string of the molecule is O=C1c2ccccc2Cc2ccccc2Cc2ccccc21. The Morgan fingerprint density at radius 1 is 0.500 bits per heavy atom. The van der Waals surface area contributed by atoms with Gasteiger partial charge in [0.15, 0.2) is 5.78 Å². The molecular weight excluding hydrogens is 268 g/mol. The standard InChI is InChI=1S/C21H16O/c22-21-19-11-5-3-9-17(19)13-15-7-1-2-8-16(15)14-18-10-4-6-12-20(18)21/h1-12H,13-14H2. The predicted octanol–water partition coefficient (Wildman–Crippen LogP) is 4.41. The molecule has 0 saturated carbocycles. The van der Waals surface area contributed by atoms with E-state index in [1.807, 2.05) is 36.4 Å². The third kappa shape index (κ3) is 2.15. The van der Waals surface area contributed by atoms with Crippen LogP contribution >= 0.6 is 0 Å². The summed E-state index contributed by atoms with van der Waals surface area (Å²) in [7, 11) is 0. The van der Waals surface area contributed by atoms with E-state index in [-0.39, 0.29) is 5.78 Å². The lowest BCUT2D eigenvalue weighted by Crippen LogP contribution is -2.07. The van der Waals surface area contributed by atoms with Crippen LogP contribution in [-0.2, 0) is 12.8 Å². The Morgan fingerprint density at radius 2 is 0.864 bits per heavy atom. The maximum absolute atomic E-state index is 13.0. The van der Waals surface area contributed by atoms with Crippen LogP contribution in [0.2, 0.25) is 0 Å². The van der Waals surface area contributed by atoms with Gasteiger partial charge in [0, 0.05) is 11.1 Å². The summed E-state index contributed by atoms with van der Waals surface area (Å²) in [5.41, 5.74) is 6.48. The average molecular weight is 284 g/mol. The number of carbonyl (C=O) groups excluding carboxylic acids is 1. The molecule has 106 valence electrons. The van der Waals surface area contributed by atoms with Gasteiger partial charge in [-0.05, 0) is 35.1 Å². The Bertz CT molecular complexity index is 791. The molecule has 1 nitrogen and oxygen atoms in total. The fourth-order valence-electron chi connectivity index (χ4n) is 3.25. The molecule has 0 fully saturated rings. The third-order valence-corrected chi connectivity index (χ3v) is 4.40. The van der Waals surface area contributed by atoms with Crippen LogP contribution in [0.15, 0.2) is 72.8 Å². The molecule has 4 rings (SSSR count). The quantitative estimate of drug-likeness (QED) is 0.467. The van der Waals surface area contributed by atoms with Gasteiger partial charge in [0.1, 0.15) is 0 Å². The Hall–Kier alpha value is -2.67. The van der Waals surface area contributed by atoms with Crippen LogP contribution in [0.5, 0.6) is 0 Å². The predicted molar refractivity (Wildman–Crippen MR) is 88.4 cm³/mol. The van der Waals surface area contributed by atoms with Gasteiger partial charge in [-0.3, -0.25) is 4.79 Å². The van der Waals surface area contributed by atoms with E-state index in [4.69, 9.17) is 0 Å². The lowest BCUT2D eigenvalue weighted by molar-refractivity contribution is 0.103. The molecule has 0 unspecified atom stereocenters. The van der Waals surface area contributed by atoms with Crippen LogP contribution in [-0.4, -0.2) is 5.78 Å². The third-order valence-electron chi connectivity index (χ3n) is 4.40. The van der Waals surface area contributed by atoms with Crippen molar-refractivity contribution in [3.05, 3.63) is 106 Å². The van der Waals surface area contributed by atoms with E-state index < -0.39 is 0 Å². The summed E-state index contributed by atoms with van der Waals surface area (Å²) in [6.45, 7) is 0. The second kappa shape index (κ2) is 5.27. The minimum absolute atomic E-state index is 0.138. The van der Waals surface area contributed by atoms with Crippen molar-refractivity contribution in [2.45, 2.75) is 12.8 Å². The van der Waals surface area contributed by atoms with E-state index >= 15 is 0 Å². The molecule has 0 saturated heterocycles. The molecule has 1 aliphatic carbocycles. The van der Waals surface area contributed by atoms with Gasteiger partial charge in [0.25, 0.3) is 0 Å². The lowest BCUT2D eigenvalue weighted by atomic mass is 9.94. The zero-order valence-corrected chi connectivity index (χ0v) is 12.3. The second-order valence-electron chi connectivity index (χ2n) is 5.77. The summed E-state index contributed by atoms with van der Waals surface area (Å²) in [5, 5.41) is 0. The van der Waals surface area contributed by atoms with Crippen molar-refractivity contribution in [1.29, 1.82) is 0 Å². The lowest BCUT2D eigenvalue weighted by Gasteiger charge is -2.09. The van der Waals surface area contributed by atoms with Crippen LogP contribution in [0.3, 0.4) is 0 Å². The highest BCUT2D eigenvalue weighted by Gasteiger charge is 2.19. The summed E-state index contributed by atoms with van der Waals surface area (Å²) in [6.07, 6.45) is 1.62. The van der Waals surface area contributed by atoms with E-state index in [0.29, 0.717) is 0 Å². The van der Waals surface area contributed by atoms with Crippen LogP contribution in [0.1, 0.15) is 38.2 Å². The van der Waals surface area contributed by atoms with Crippen molar-refractivity contribution in [3.63, 3.8) is 0 Å². The fourth-order valence-corrected chi connectivity index (χ4v) is 3.25. The molecule has 0 N–H and O–H groups in total. The zero-order chi connectivity index (χ0) is 14.9. The fraction of sp³-hybridized carbons (Fsp3) is 0.0952. The minimum atomic E-state index is 0.138. The first-order chi connectivity index (χ1) is 10.8. The number of hydrogen-bond acceptors (Lipinski definition) is 1. The number of hydrogen-bond donors (Lipinski definition) is 0. The first-order valence-electron chi connectivity index (χ1n) is 7.60. The van der Waals surface area contributed by atoms with Crippen LogP contribution < -0.4 is 0 Å². The van der Waals surface area contributed by atoms with Gasteiger partial charge in [-0.2, -0.15) is 0 Å². The molecule has 0 amide bonds. The normalized spacial score (nSPS) is 13.2. The van der Waals surface area contributed by atoms with Gasteiger partial charge in [-0.15, -0.1) is 0 Å². The maximum Gasteiger partial charge on any atom is 0.193 e. The molecule has 0 bridgehead atoms. The van der Waals surface area contributed by atoms with Gasteiger partial charge in [-0.25, -0.2) is 0 Å². The summed E-state index contributed by atoms with van der Waals surface area (Å²) < 4.78 is 0. The molecule has 3 aromatic rings. The number of ketones is 1. The highest BCUT2D eigenvalue weighted by Crippen LogP contribution is 2.26. The van der Waals surface area contributed by atoms with E-state index in [0.717, 1.165) is 35.1 Å².